The Kier molecular flexibility index (Phi) is 6.56. The summed E-state index contributed by atoms with van der Waals surface area (Å²) in [7, 11) is -2.77. The van der Waals surface area contributed by atoms with Gasteiger partial charge in [-0.3, -0.25) is 0 Å². The van der Waals surface area contributed by atoms with Gasteiger partial charge in [0, 0.05) is 26.6 Å². The summed E-state index contributed by atoms with van der Waals surface area (Å²) in [6, 6.07) is 4.69. The van der Waals surface area contributed by atoms with Gasteiger partial charge in [0.25, 0.3) is 0 Å². The molecule has 0 N–H and O–H groups in total. The minimum absolute atomic E-state index is 0.0459. The van der Waals surface area contributed by atoms with E-state index in [1.165, 1.54) is 14.0 Å². The number of hydrogen-bond donors (Lipinski definition) is 0. The maximum absolute atomic E-state index is 13.0. The molecule has 1 aromatic carbocycles. The fourth-order valence-corrected chi connectivity index (χ4v) is 3.39. The summed E-state index contributed by atoms with van der Waals surface area (Å²) in [5.74, 6) is 0. The smallest absolute Gasteiger partial charge is 0.383 e. The van der Waals surface area contributed by atoms with Crippen molar-refractivity contribution < 1.29 is 26.3 Å². The third kappa shape index (κ3) is 4.92. The van der Waals surface area contributed by atoms with Crippen molar-refractivity contribution in [3.05, 3.63) is 29.3 Å². The molecule has 23 heavy (non-hydrogen) atoms. The van der Waals surface area contributed by atoms with E-state index in [0.29, 0.717) is 6.07 Å². The summed E-state index contributed by atoms with van der Waals surface area (Å²) in [6.45, 7) is 1.17. The van der Waals surface area contributed by atoms with Crippen molar-refractivity contribution in [2.75, 3.05) is 26.8 Å². The van der Waals surface area contributed by atoms with Crippen LogP contribution in [-0.2, 0) is 20.9 Å². The van der Waals surface area contributed by atoms with Gasteiger partial charge in [-0.2, -0.15) is 22.7 Å². The van der Waals surface area contributed by atoms with Gasteiger partial charge >= 0.3 is 6.18 Å². The zero-order valence-electron chi connectivity index (χ0n) is 12.7. The van der Waals surface area contributed by atoms with Gasteiger partial charge in [0.05, 0.1) is 23.1 Å². The average molecular weight is 350 g/mol. The second-order valence-electron chi connectivity index (χ2n) is 4.78. The molecule has 5 nitrogen and oxygen atoms in total. The van der Waals surface area contributed by atoms with E-state index >= 15 is 0 Å². The second-order valence-corrected chi connectivity index (χ2v) is 6.72. The lowest BCUT2D eigenvalue weighted by Crippen LogP contribution is -2.35. The molecule has 0 atom stereocenters. The molecule has 0 radical (unpaired) electrons. The van der Waals surface area contributed by atoms with Crippen molar-refractivity contribution >= 4 is 10.0 Å². The van der Waals surface area contributed by atoms with Crippen molar-refractivity contribution in [3.63, 3.8) is 0 Å². The Morgan fingerprint density at radius 2 is 1.96 bits per heavy atom. The van der Waals surface area contributed by atoms with Crippen LogP contribution >= 0.6 is 0 Å². The van der Waals surface area contributed by atoms with Crippen LogP contribution in [0.1, 0.15) is 17.5 Å². The van der Waals surface area contributed by atoms with Crippen LogP contribution in [0.2, 0.25) is 0 Å². The van der Waals surface area contributed by atoms with Crippen molar-refractivity contribution in [3.8, 4) is 6.07 Å². The Labute approximate surface area is 133 Å². The number of aryl methyl sites for hydroxylation is 1. The first-order valence-corrected chi connectivity index (χ1v) is 8.12. The van der Waals surface area contributed by atoms with Gasteiger partial charge in [-0.05, 0) is 24.6 Å². The van der Waals surface area contributed by atoms with E-state index in [2.05, 4.69) is 0 Å². The molecule has 1 aromatic rings. The number of benzene rings is 1. The van der Waals surface area contributed by atoms with E-state index in [1.54, 1.807) is 0 Å². The molecule has 0 saturated carbocycles. The van der Waals surface area contributed by atoms with Crippen molar-refractivity contribution in [2.24, 2.45) is 0 Å². The summed E-state index contributed by atoms with van der Waals surface area (Å²) < 4.78 is 69.7. The predicted molar refractivity (Wildman–Crippen MR) is 77.0 cm³/mol. The van der Waals surface area contributed by atoms with Crippen LogP contribution in [0.15, 0.2) is 23.1 Å². The van der Waals surface area contributed by atoms with E-state index in [1.807, 2.05) is 6.07 Å². The number of hydrogen-bond acceptors (Lipinski definition) is 4. The van der Waals surface area contributed by atoms with Gasteiger partial charge < -0.3 is 4.74 Å². The third-order valence-electron chi connectivity index (χ3n) is 3.17. The summed E-state index contributed by atoms with van der Waals surface area (Å²) >= 11 is 0. The maximum atomic E-state index is 13.0. The van der Waals surface area contributed by atoms with E-state index in [4.69, 9.17) is 10.00 Å². The highest BCUT2D eigenvalue weighted by Crippen LogP contribution is 2.33. The number of ether oxygens (including phenoxy) is 1. The molecule has 0 aliphatic heterocycles. The zero-order chi connectivity index (χ0) is 17.7. The number of nitriles is 1. The van der Waals surface area contributed by atoms with Crippen LogP contribution < -0.4 is 0 Å². The molecule has 0 unspecified atom stereocenters. The van der Waals surface area contributed by atoms with E-state index < -0.39 is 26.7 Å². The SMILES string of the molecule is COCCN(CCC#N)S(=O)(=O)c1ccc(C)c(C(F)(F)F)c1. The number of halogens is 3. The molecule has 0 aliphatic rings. The maximum Gasteiger partial charge on any atom is 0.416 e. The molecule has 128 valence electrons. The minimum Gasteiger partial charge on any atom is -0.383 e. The van der Waals surface area contributed by atoms with Crippen LogP contribution in [0.25, 0.3) is 0 Å². The minimum atomic E-state index is -4.64. The first-order chi connectivity index (χ1) is 10.6. The summed E-state index contributed by atoms with van der Waals surface area (Å²) in [4.78, 5) is -0.454. The fraction of sp³-hybridized carbons (Fsp3) is 0.500. The monoisotopic (exact) mass is 350 g/mol. The Balaban J connectivity index is 3.26. The number of nitrogens with zero attached hydrogens (tertiary/aromatic N) is 2. The van der Waals surface area contributed by atoms with E-state index in [0.717, 1.165) is 16.4 Å². The Morgan fingerprint density at radius 1 is 1.30 bits per heavy atom. The summed E-state index contributed by atoms with van der Waals surface area (Å²) in [6.07, 6.45) is -4.71. The van der Waals surface area contributed by atoms with Crippen LogP contribution in [0.4, 0.5) is 13.2 Å². The third-order valence-corrected chi connectivity index (χ3v) is 5.06. The lowest BCUT2D eigenvalue weighted by atomic mass is 10.1. The molecule has 0 spiro atoms. The number of sulfonamides is 1. The molecule has 9 heteroatoms. The van der Waals surface area contributed by atoms with E-state index in [9.17, 15) is 21.6 Å². The van der Waals surface area contributed by atoms with Crippen LogP contribution in [0.5, 0.6) is 0 Å². The number of rotatable bonds is 7. The summed E-state index contributed by atoms with van der Waals surface area (Å²) in [5.41, 5.74) is -1.05. The van der Waals surface area contributed by atoms with Gasteiger partial charge in [0.2, 0.25) is 10.0 Å². The Morgan fingerprint density at radius 3 is 2.48 bits per heavy atom. The quantitative estimate of drug-likeness (QED) is 0.758. The zero-order valence-corrected chi connectivity index (χ0v) is 13.5. The Hall–Kier alpha value is -1.63. The van der Waals surface area contributed by atoms with Crippen molar-refractivity contribution in [2.45, 2.75) is 24.4 Å². The first kappa shape index (κ1) is 19.4. The van der Waals surface area contributed by atoms with Gasteiger partial charge in [-0.25, -0.2) is 8.42 Å². The topological polar surface area (TPSA) is 70.4 Å². The molecule has 0 amide bonds. The molecule has 0 saturated heterocycles. The second kappa shape index (κ2) is 7.77. The number of alkyl halides is 3. The van der Waals surface area contributed by atoms with Crippen LogP contribution in [0.3, 0.4) is 0 Å². The highest BCUT2D eigenvalue weighted by Gasteiger charge is 2.34. The molecule has 0 aliphatic carbocycles. The van der Waals surface area contributed by atoms with Crippen LogP contribution in [0, 0.1) is 18.3 Å². The lowest BCUT2D eigenvalue weighted by molar-refractivity contribution is -0.138. The normalized spacial score (nSPS) is 12.4. The van der Waals surface area contributed by atoms with Crippen molar-refractivity contribution in [1.82, 2.24) is 4.31 Å². The fourth-order valence-electron chi connectivity index (χ4n) is 1.94. The van der Waals surface area contributed by atoms with Gasteiger partial charge in [-0.15, -0.1) is 0 Å². The largest absolute Gasteiger partial charge is 0.416 e. The first-order valence-electron chi connectivity index (χ1n) is 6.68. The molecule has 0 heterocycles. The molecule has 0 aromatic heterocycles. The highest BCUT2D eigenvalue weighted by molar-refractivity contribution is 7.89. The summed E-state index contributed by atoms with van der Waals surface area (Å²) in [5, 5.41) is 8.61. The van der Waals surface area contributed by atoms with E-state index in [-0.39, 0.29) is 31.7 Å². The molecule has 1 rings (SSSR count). The van der Waals surface area contributed by atoms with Gasteiger partial charge in [0.15, 0.2) is 0 Å². The van der Waals surface area contributed by atoms with Crippen LogP contribution in [-0.4, -0.2) is 39.5 Å². The molecular formula is C14H17F3N2O3S. The lowest BCUT2D eigenvalue weighted by Gasteiger charge is -2.21. The molecule has 0 bridgehead atoms. The highest BCUT2D eigenvalue weighted by atomic mass is 32.2. The number of methoxy groups -OCH3 is 1. The van der Waals surface area contributed by atoms with Gasteiger partial charge in [0.1, 0.15) is 0 Å². The standard InChI is InChI=1S/C14H17F3N2O3S/c1-11-4-5-12(10-13(11)14(15,16)17)23(20,21)19(7-3-6-18)8-9-22-2/h4-5,10H,3,7-9H2,1-2H3. The average Bonchev–Trinajstić information content (AvgIpc) is 2.46. The predicted octanol–water partition coefficient (Wildman–Crippen LogP) is 2.56. The molecular weight excluding hydrogens is 333 g/mol. The molecule has 0 fully saturated rings. The van der Waals surface area contributed by atoms with Crippen molar-refractivity contribution in [1.29, 1.82) is 5.26 Å². The van der Waals surface area contributed by atoms with Gasteiger partial charge in [-0.1, -0.05) is 6.07 Å². The Bertz CT molecular complexity index is 681.